The second-order valence-electron chi connectivity index (χ2n) is 5.47. The van der Waals surface area contributed by atoms with Crippen molar-refractivity contribution in [2.45, 2.75) is 24.7 Å². The van der Waals surface area contributed by atoms with Crippen molar-refractivity contribution < 1.29 is 8.78 Å². The van der Waals surface area contributed by atoms with Gasteiger partial charge in [-0.3, -0.25) is 0 Å². The highest BCUT2D eigenvalue weighted by Crippen LogP contribution is 2.50. The Morgan fingerprint density at radius 1 is 1.40 bits per heavy atom. The maximum atomic E-state index is 13.2. The maximum absolute atomic E-state index is 13.2. The van der Waals surface area contributed by atoms with E-state index in [1.807, 2.05) is 25.2 Å². The molecule has 0 aliphatic heterocycles. The Balaban J connectivity index is 1.99. The number of rotatable bonds is 3. The molecule has 106 valence electrons. The molecule has 1 aliphatic rings. The zero-order chi connectivity index (χ0) is 14.3. The van der Waals surface area contributed by atoms with E-state index in [9.17, 15) is 8.78 Å². The number of nitrogens with two attached hydrogens (primary N) is 1. The zero-order valence-corrected chi connectivity index (χ0v) is 11.1. The van der Waals surface area contributed by atoms with Crippen LogP contribution in [0, 0.1) is 5.92 Å². The van der Waals surface area contributed by atoms with E-state index in [2.05, 4.69) is 10.2 Å². The summed E-state index contributed by atoms with van der Waals surface area (Å²) in [5.41, 5.74) is 7.35. The number of aryl methyl sites for hydroxylation is 1. The van der Waals surface area contributed by atoms with E-state index in [1.165, 1.54) is 0 Å². The summed E-state index contributed by atoms with van der Waals surface area (Å²) in [5, 5.41) is 7.96. The fourth-order valence-corrected chi connectivity index (χ4v) is 2.90. The molecule has 20 heavy (non-hydrogen) atoms. The van der Waals surface area contributed by atoms with Crippen LogP contribution in [0.3, 0.4) is 0 Å². The van der Waals surface area contributed by atoms with E-state index in [0.29, 0.717) is 11.5 Å². The third kappa shape index (κ3) is 2.26. The van der Waals surface area contributed by atoms with Gasteiger partial charge in [-0.05, 0) is 23.6 Å². The maximum Gasteiger partial charge on any atom is 0.248 e. The number of hydrogen-bond donors (Lipinski definition) is 1. The van der Waals surface area contributed by atoms with Crippen LogP contribution >= 0.6 is 0 Å². The predicted octanol–water partition coefficient (Wildman–Crippen LogP) is 2.57. The summed E-state index contributed by atoms with van der Waals surface area (Å²) in [4.78, 5) is 0. The molecular weight excluding hydrogens is 262 g/mol. The summed E-state index contributed by atoms with van der Waals surface area (Å²) in [6, 6.07) is 7.36. The lowest BCUT2D eigenvalue weighted by molar-refractivity contribution is -0.114. The van der Waals surface area contributed by atoms with Crippen LogP contribution in [0.4, 0.5) is 14.5 Å². The van der Waals surface area contributed by atoms with Gasteiger partial charge in [0, 0.05) is 31.5 Å². The molecule has 4 nitrogen and oxygen atoms in total. The zero-order valence-electron chi connectivity index (χ0n) is 11.1. The number of benzene rings is 1. The molecule has 6 heteroatoms. The highest BCUT2D eigenvalue weighted by Gasteiger charge is 2.50. The second kappa shape index (κ2) is 4.54. The minimum absolute atomic E-state index is 0.112. The fourth-order valence-electron chi connectivity index (χ4n) is 2.90. The van der Waals surface area contributed by atoms with Gasteiger partial charge in [0.2, 0.25) is 5.92 Å². The first kappa shape index (κ1) is 13.0. The summed E-state index contributed by atoms with van der Waals surface area (Å²) in [6.07, 6.45) is 1.37. The first-order valence-electron chi connectivity index (χ1n) is 6.53. The average molecular weight is 278 g/mol. The summed E-state index contributed by atoms with van der Waals surface area (Å²) in [7, 11) is 1.82. The Morgan fingerprint density at radius 3 is 2.70 bits per heavy atom. The topological polar surface area (TPSA) is 56.7 Å². The molecule has 0 spiro atoms. The normalized spacial score (nSPS) is 19.6. The Hall–Kier alpha value is -1.98. The van der Waals surface area contributed by atoms with Crippen LogP contribution in [0.2, 0.25) is 0 Å². The molecule has 1 aromatic carbocycles. The molecule has 0 amide bonds. The van der Waals surface area contributed by atoms with Gasteiger partial charge in [0.05, 0.1) is 0 Å². The van der Waals surface area contributed by atoms with Crippen LogP contribution in [-0.2, 0) is 7.05 Å². The molecule has 0 bridgehead atoms. The highest BCUT2D eigenvalue weighted by molar-refractivity contribution is 5.43. The monoisotopic (exact) mass is 278 g/mol. The quantitative estimate of drug-likeness (QED) is 0.878. The SMILES string of the molecule is Cn1cnnc1C(c1cccc(N)c1)C1CC(F)(F)C1. The van der Waals surface area contributed by atoms with Crippen molar-refractivity contribution >= 4 is 5.69 Å². The molecule has 1 aliphatic carbocycles. The van der Waals surface area contributed by atoms with Crippen LogP contribution in [0.25, 0.3) is 0 Å². The number of alkyl halides is 2. The molecule has 0 saturated heterocycles. The summed E-state index contributed by atoms with van der Waals surface area (Å²) >= 11 is 0. The molecule has 1 heterocycles. The van der Waals surface area contributed by atoms with E-state index >= 15 is 0 Å². The Kier molecular flexibility index (Phi) is 2.96. The Morgan fingerprint density at radius 2 is 2.15 bits per heavy atom. The molecule has 1 unspecified atom stereocenters. The smallest absolute Gasteiger partial charge is 0.248 e. The van der Waals surface area contributed by atoms with Gasteiger partial charge < -0.3 is 10.3 Å². The van der Waals surface area contributed by atoms with Gasteiger partial charge in [0.1, 0.15) is 12.2 Å². The van der Waals surface area contributed by atoms with Crippen molar-refractivity contribution in [2.75, 3.05) is 5.73 Å². The molecule has 3 rings (SSSR count). The first-order chi connectivity index (χ1) is 9.46. The van der Waals surface area contributed by atoms with Gasteiger partial charge in [0.25, 0.3) is 0 Å². The van der Waals surface area contributed by atoms with E-state index in [-0.39, 0.29) is 24.7 Å². The summed E-state index contributed by atoms with van der Waals surface area (Å²) in [6.45, 7) is 0. The van der Waals surface area contributed by atoms with E-state index in [4.69, 9.17) is 5.73 Å². The van der Waals surface area contributed by atoms with Gasteiger partial charge in [-0.2, -0.15) is 0 Å². The standard InChI is InChI=1S/C14H16F2N4/c1-20-8-18-19-13(20)12(10-6-14(15,16)7-10)9-3-2-4-11(17)5-9/h2-5,8,10,12H,6-7,17H2,1H3. The van der Waals surface area contributed by atoms with Crippen molar-refractivity contribution in [1.82, 2.24) is 14.8 Å². The first-order valence-corrected chi connectivity index (χ1v) is 6.53. The summed E-state index contributed by atoms with van der Waals surface area (Å²) < 4.78 is 28.2. The molecule has 1 fully saturated rings. The van der Waals surface area contributed by atoms with Crippen molar-refractivity contribution in [1.29, 1.82) is 0 Å². The van der Waals surface area contributed by atoms with Crippen LogP contribution < -0.4 is 5.73 Å². The molecule has 1 atom stereocenters. The van der Waals surface area contributed by atoms with Crippen molar-refractivity contribution in [3.8, 4) is 0 Å². The number of nitrogens with zero attached hydrogens (tertiary/aromatic N) is 3. The average Bonchev–Trinajstić information content (AvgIpc) is 2.74. The van der Waals surface area contributed by atoms with Crippen LogP contribution in [0.15, 0.2) is 30.6 Å². The third-order valence-corrected chi connectivity index (χ3v) is 3.89. The van der Waals surface area contributed by atoms with Gasteiger partial charge in [-0.25, -0.2) is 8.78 Å². The van der Waals surface area contributed by atoms with E-state index in [0.717, 1.165) is 5.56 Å². The number of aromatic nitrogens is 3. The lowest BCUT2D eigenvalue weighted by Gasteiger charge is -2.39. The van der Waals surface area contributed by atoms with Crippen LogP contribution in [-0.4, -0.2) is 20.7 Å². The number of anilines is 1. The predicted molar refractivity (Wildman–Crippen MR) is 71.4 cm³/mol. The van der Waals surface area contributed by atoms with Crippen molar-refractivity contribution in [3.05, 3.63) is 42.0 Å². The fraction of sp³-hybridized carbons (Fsp3) is 0.429. The van der Waals surface area contributed by atoms with Gasteiger partial charge in [0.15, 0.2) is 0 Å². The molecule has 1 aromatic heterocycles. The number of hydrogen-bond acceptors (Lipinski definition) is 3. The largest absolute Gasteiger partial charge is 0.399 e. The number of halogens is 2. The van der Waals surface area contributed by atoms with Crippen LogP contribution in [0.1, 0.15) is 30.1 Å². The molecule has 2 aromatic rings. The minimum Gasteiger partial charge on any atom is -0.399 e. The Labute approximate surface area is 115 Å². The Bertz CT molecular complexity index is 615. The number of nitrogen functional groups attached to an aromatic ring is 1. The molecule has 1 saturated carbocycles. The van der Waals surface area contributed by atoms with Crippen LogP contribution in [0.5, 0.6) is 0 Å². The molecule has 2 N–H and O–H groups in total. The van der Waals surface area contributed by atoms with E-state index < -0.39 is 5.92 Å². The van der Waals surface area contributed by atoms with E-state index in [1.54, 1.807) is 17.0 Å². The minimum atomic E-state index is -2.55. The summed E-state index contributed by atoms with van der Waals surface area (Å²) in [5.74, 6) is -2.17. The lowest BCUT2D eigenvalue weighted by atomic mass is 9.70. The lowest BCUT2D eigenvalue weighted by Crippen LogP contribution is -2.39. The second-order valence-corrected chi connectivity index (χ2v) is 5.47. The van der Waals surface area contributed by atoms with Gasteiger partial charge in [-0.1, -0.05) is 12.1 Å². The van der Waals surface area contributed by atoms with Gasteiger partial charge in [-0.15, -0.1) is 10.2 Å². The van der Waals surface area contributed by atoms with Gasteiger partial charge >= 0.3 is 0 Å². The van der Waals surface area contributed by atoms with Crippen molar-refractivity contribution in [3.63, 3.8) is 0 Å². The third-order valence-electron chi connectivity index (χ3n) is 3.89. The molecule has 0 radical (unpaired) electrons. The van der Waals surface area contributed by atoms with Crippen molar-refractivity contribution in [2.24, 2.45) is 13.0 Å². The molecular formula is C14H16F2N4. The highest BCUT2D eigenvalue weighted by atomic mass is 19.3.